The largest absolute Gasteiger partial charge is 0.467 e. The zero-order chi connectivity index (χ0) is 11.9. The number of carbonyl (C=O) groups excluding carboxylic acids is 3. The normalized spacial score (nSPS) is 31.0. The first-order valence-electron chi connectivity index (χ1n) is 5.16. The molecule has 2 aliphatic rings. The molecule has 0 N–H and O–H groups in total. The van der Waals surface area contributed by atoms with Crippen molar-refractivity contribution in [1.82, 2.24) is 4.90 Å². The smallest absolute Gasteiger partial charge is 0.417 e. The average molecular weight is 227 g/mol. The Morgan fingerprint density at radius 3 is 2.81 bits per heavy atom. The second-order valence-corrected chi connectivity index (χ2v) is 3.95. The molecule has 0 radical (unpaired) electrons. The van der Waals surface area contributed by atoms with Gasteiger partial charge in [0, 0.05) is 12.3 Å². The highest BCUT2D eigenvalue weighted by Gasteiger charge is 2.73. The molecule has 0 aromatic carbocycles. The monoisotopic (exact) mass is 227 g/mol. The lowest BCUT2D eigenvalue weighted by Crippen LogP contribution is -2.48. The van der Waals surface area contributed by atoms with Gasteiger partial charge in [-0.15, -0.1) is 0 Å². The molecule has 0 aromatic rings. The van der Waals surface area contributed by atoms with Gasteiger partial charge in [-0.3, -0.25) is 4.79 Å². The fourth-order valence-corrected chi connectivity index (χ4v) is 2.33. The van der Waals surface area contributed by atoms with E-state index in [4.69, 9.17) is 4.74 Å². The van der Waals surface area contributed by atoms with Crippen LogP contribution in [0, 0.1) is 5.92 Å². The van der Waals surface area contributed by atoms with Crippen molar-refractivity contribution >= 4 is 18.0 Å². The van der Waals surface area contributed by atoms with Crippen molar-refractivity contribution in [2.75, 3.05) is 13.7 Å². The number of esters is 1. The maximum Gasteiger partial charge on any atom is 0.417 e. The van der Waals surface area contributed by atoms with E-state index in [0.29, 0.717) is 6.42 Å². The zero-order valence-electron chi connectivity index (χ0n) is 9.19. The van der Waals surface area contributed by atoms with Crippen LogP contribution in [0.3, 0.4) is 0 Å². The molecule has 88 valence electrons. The number of methoxy groups -OCH3 is 1. The molecule has 6 heteroatoms. The fraction of sp³-hybridized carbons (Fsp3) is 0.700. The van der Waals surface area contributed by atoms with Gasteiger partial charge in [0.1, 0.15) is 0 Å². The summed E-state index contributed by atoms with van der Waals surface area (Å²) in [6.45, 7) is 1.82. The Labute approximate surface area is 92.5 Å². The van der Waals surface area contributed by atoms with Gasteiger partial charge in [0.15, 0.2) is 5.54 Å². The number of likely N-dealkylation sites (tertiary alicyclic amines) is 1. The SMILES string of the molecule is CCOC(=O)N1C(=O)C[C@@H]2C[C@@]21C(=O)OC. The van der Waals surface area contributed by atoms with E-state index in [0.717, 1.165) is 4.90 Å². The van der Waals surface area contributed by atoms with Crippen LogP contribution in [0.15, 0.2) is 0 Å². The number of piperidine rings is 1. The molecule has 1 aliphatic heterocycles. The standard InChI is InChI=1S/C10H13NO5/c1-3-16-9(14)11-7(12)4-6-5-10(6,11)8(13)15-2/h6H,3-5H2,1-2H3/t6-,10+/m1/s1. The summed E-state index contributed by atoms with van der Waals surface area (Å²) in [5.41, 5.74) is -1.07. The highest BCUT2D eigenvalue weighted by atomic mass is 16.6. The minimum atomic E-state index is -1.07. The second-order valence-electron chi connectivity index (χ2n) is 3.95. The molecule has 1 saturated carbocycles. The lowest BCUT2D eigenvalue weighted by atomic mass is 10.2. The van der Waals surface area contributed by atoms with Crippen LogP contribution in [0.4, 0.5) is 4.79 Å². The molecular weight excluding hydrogens is 214 g/mol. The van der Waals surface area contributed by atoms with Gasteiger partial charge < -0.3 is 9.47 Å². The molecular formula is C10H13NO5. The third kappa shape index (κ3) is 1.22. The molecule has 6 nitrogen and oxygen atoms in total. The topological polar surface area (TPSA) is 72.9 Å². The number of amides is 2. The van der Waals surface area contributed by atoms with Crippen molar-refractivity contribution in [1.29, 1.82) is 0 Å². The molecule has 2 atom stereocenters. The van der Waals surface area contributed by atoms with Crippen molar-refractivity contribution in [2.24, 2.45) is 5.92 Å². The number of rotatable bonds is 2. The summed E-state index contributed by atoms with van der Waals surface area (Å²) in [6.07, 6.45) is -0.0455. The number of nitrogens with zero attached hydrogens (tertiary/aromatic N) is 1. The van der Waals surface area contributed by atoms with Crippen molar-refractivity contribution in [3.05, 3.63) is 0 Å². The van der Waals surface area contributed by atoms with Crippen LogP contribution in [0.5, 0.6) is 0 Å². The molecule has 2 rings (SSSR count). The van der Waals surface area contributed by atoms with Gasteiger partial charge in [0.05, 0.1) is 13.7 Å². The van der Waals surface area contributed by atoms with Crippen LogP contribution in [-0.2, 0) is 19.1 Å². The number of hydrogen-bond acceptors (Lipinski definition) is 5. The highest BCUT2D eigenvalue weighted by molar-refractivity contribution is 6.05. The second kappa shape index (κ2) is 3.47. The van der Waals surface area contributed by atoms with E-state index in [1.165, 1.54) is 7.11 Å². The molecule has 1 aliphatic carbocycles. The summed E-state index contributed by atoms with van der Waals surface area (Å²) < 4.78 is 9.42. The molecule has 2 fully saturated rings. The van der Waals surface area contributed by atoms with Crippen LogP contribution in [0.25, 0.3) is 0 Å². The summed E-state index contributed by atoms with van der Waals surface area (Å²) in [5, 5.41) is 0. The van der Waals surface area contributed by atoms with Crippen LogP contribution in [0.1, 0.15) is 19.8 Å². The molecule has 1 heterocycles. The van der Waals surface area contributed by atoms with Crippen LogP contribution in [0.2, 0.25) is 0 Å². The quantitative estimate of drug-likeness (QED) is 0.634. The summed E-state index contributed by atoms with van der Waals surface area (Å²) in [4.78, 5) is 35.7. The number of fused-ring (bicyclic) bond motifs is 1. The minimum absolute atomic E-state index is 0.100. The first-order chi connectivity index (χ1) is 7.57. The van der Waals surface area contributed by atoms with Gasteiger partial charge in [0.2, 0.25) is 5.91 Å². The predicted octanol–water partition coefficient (Wildman–Crippen LogP) is 0.307. The van der Waals surface area contributed by atoms with Crippen molar-refractivity contribution in [3.8, 4) is 0 Å². The summed E-state index contributed by atoms with van der Waals surface area (Å²) in [7, 11) is 1.25. The van der Waals surface area contributed by atoms with Crippen LogP contribution in [-0.4, -0.2) is 42.1 Å². The number of imide groups is 1. The predicted molar refractivity (Wildman–Crippen MR) is 51.3 cm³/mol. The third-order valence-corrected chi connectivity index (χ3v) is 3.13. The molecule has 2 amide bonds. The van der Waals surface area contributed by atoms with E-state index in [-0.39, 0.29) is 24.9 Å². The van der Waals surface area contributed by atoms with E-state index in [1.54, 1.807) is 6.92 Å². The van der Waals surface area contributed by atoms with Crippen molar-refractivity contribution in [3.63, 3.8) is 0 Å². The van der Waals surface area contributed by atoms with Crippen molar-refractivity contribution < 1.29 is 23.9 Å². The van der Waals surface area contributed by atoms with Gasteiger partial charge in [0.25, 0.3) is 0 Å². The van der Waals surface area contributed by atoms with Crippen molar-refractivity contribution in [2.45, 2.75) is 25.3 Å². The maximum atomic E-state index is 11.6. The lowest BCUT2D eigenvalue weighted by molar-refractivity contribution is -0.151. The minimum Gasteiger partial charge on any atom is -0.467 e. The van der Waals surface area contributed by atoms with Gasteiger partial charge >= 0.3 is 12.1 Å². The lowest BCUT2D eigenvalue weighted by Gasteiger charge is -2.23. The molecule has 0 bridgehead atoms. The summed E-state index contributed by atoms with van der Waals surface area (Å²) in [5.74, 6) is -0.992. The molecule has 0 unspecified atom stereocenters. The van der Waals surface area contributed by atoms with E-state index in [2.05, 4.69) is 4.74 Å². The Bertz CT molecular complexity index is 366. The Morgan fingerprint density at radius 2 is 2.25 bits per heavy atom. The Balaban J connectivity index is 2.24. The molecule has 0 spiro atoms. The number of hydrogen-bond donors (Lipinski definition) is 0. The van der Waals surface area contributed by atoms with Crippen LogP contribution < -0.4 is 0 Å². The average Bonchev–Trinajstić information content (AvgIpc) is 2.85. The van der Waals surface area contributed by atoms with Gasteiger partial charge in [-0.1, -0.05) is 0 Å². The Morgan fingerprint density at radius 1 is 1.56 bits per heavy atom. The van der Waals surface area contributed by atoms with E-state index < -0.39 is 17.6 Å². The Hall–Kier alpha value is -1.59. The molecule has 16 heavy (non-hydrogen) atoms. The first-order valence-corrected chi connectivity index (χ1v) is 5.16. The van der Waals surface area contributed by atoms with Crippen LogP contribution >= 0.6 is 0 Å². The summed E-state index contributed by atoms with van der Waals surface area (Å²) in [6, 6.07) is 0. The van der Waals surface area contributed by atoms with Gasteiger partial charge in [-0.2, -0.15) is 0 Å². The number of ether oxygens (including phenoxy) is 2. The first kappa shape index (κ1) is 10.9. The number of carbonyl (C=O) groups is 3. The van der Waals surface area contributed by atoms with E-state index in [9.17, 15) is 14.4 Å². The molecule has 0 aromatic heterocycles. The van der Waals surface area contributed by atoms with Gasteiger partial charge in [-0.25, -0.2) is 14.5 Å². The molecule has 1 saturated heterocycles. The summed E-state index contributed by atoms with van der Waals surface area (Å²) >= 11 is 0. The zero-order valence-corrected chi connectivity index (χ0v) is 9.19. The third-order valence-electron chi connectivity index (χ3n) is 3.13. The van der Waals surface area contributed by atoms with E-state index in [1.807, 2.05) is 0 Å². The maximum absolute atomic E-state index is 11.6. The highest BCUT2D eigenvalue weighted by Crippen LogP contribution is 2.56. The van der Waals surface area contributed by atoms with E-state index >= 15 is 0 Å². The van der Waals surface area contributed by atoms with Gasteiger partial charge in [-0.05, 0) is 13.3 Å². The fourth-order valence-electron chi connectivity index (χ4n) is 2.33. The Kier molecular flexibility index (Phi) is 2.36.